The molecule has 0 unspecified atom stereocenters. The molecule has 0 bridgehead atoms. The minimum atomic E-state index is -2.50. The summed E-state index contributed by atoms with van der Waals surface area (Å²) in [6, 6.07) is 5.71. The lowest BCUT2D eigenvalue weighted by molar-refractivity contribution is -0.0230. The quantitative estimate of drug-likeness (QED) is 0.378. The van der Waals surface area contributed by atoms with Crippen molar-refractivity contribution in [2.75, 3.05) is 17.7 Å². The second kappa shape index (κ2) is 8.15. The van der Waals surface area contributed by atoms with Crippen molar-refractivity contribution >= 4 is 28.4 Å². The Labute approximate surface area is 195 Å². The molecule has 180 valence electrons. The zero-order valence-corrected chi connectivity index (χ0v) is 19.5. The molecule has 1 aliphatic rings. The average molecular weight is 471 g/mol. The van der Waals surface area contributed by atoms with Crippen molar-refractivity contribution in [1.82, 2.24) is 29.1 Å². The molecule has 0 atom stereocenters. The summed E-state index contributed by atoms with van der Waals surface area (Å²) in [5.74, 6) is 1.86. The van der Waals surface area contributed by atoms with Crippen LogP contribution in [0.5, 0.6) is 0 Å². The largest absolute Gasteiger partial charge is 0.390 e. The summed E-state index contributed by atoms with van der Waals surface area (Å²) in [7, 11) is 1.79. The molecule has 4 aromatic heterocycles. The molecule has 0 aromatic carbocycles. The Morgan fingerprint density at radius 1 is 1.18 bits per heavy atom. The number of halogens is 2. The van der Waals surface area contributed by atoms with E-state index in [-0.39, 0.29) is 12.0 Å². The van der Waals surface area contributed by atoms with E-state index in [2.05, 4.69) is 30.7 Å². The standard InChI is InChI=1S/C23H28F2N8O/c1-12-27-17-6-5-16(29-21(17)32(12)11-18(24)25)15-7-8-33-19(15)20(26-4)30-22(31-33)28-14-9-13(10-14)23(2,3)34/h5-8,13-14,18,34H,9-11H2,1-4H3,(H2,26,28,30,31)/t13-,14-. The van der Waals surface area contributed by atoms with Gasteiger partial charge in [-0.05, 0) is 57.7 Å². The fourth-order valence-electron chi connectivity index (χ4n) is 4.58. The summed E-state index contributed by atoms with van der Waals surface area (Å²) in [5.41, 5.74) is 2.45. The van der Waals surface area contributed by atoms with Crippen molar-refractivity contribution in [3.05, 3.63) is 30.2 Å². The Morgan fingerprint density at radius 2 is 1.94 bits per heavy atom. The Kier molecular flexibility index (Phi) is 5.38. The first-order valence-electron chi connectivity index (χ1n) is 11.3. The van der Waals surface area contributed by atoms with E-state index in [1.54, 1.807) is 24.6 Å². The van der Waals surface area contributed by atoms with Gasteiger partial charge in [0, 0.05) is 24.8 Å². The number of aromatic nitrogens is 6. The molecule has 5 rings (SSSR count). The van der Waals surface area contributed by atoms with Crippen LogP contribution >= 0.6 is 0 Å². The van der Waals surface area contributed by atoms with Crippen LogP contribution in [0.1, 0.15) is 32.5 Å². The van der Waals surface area contributed by atoms with E-state index in [4.69, 9.17) is 0 Å². The van der Waals surface area contributed by atoms with Gasteiger partial charge in [-0.3, -0.25) is 0 Å². The van der Waals surface area contributed by atoms with Crippen LogP contribution in [0.15, 0.2) is 24.4 Å². The number of hydrogen-bond acceptors (Lipinski definition) is 7. The molecule has 4 aromatic rings. The third-order valence-electron chi connectivity index (χ3n) is 6.60. The van der Waals surface area contributed by atoms with Crippen molar-refractivity contribution in [2.24, 2.45) is 5.92 Å². The third-order valence-corrected chi connectivity index (χ3v) is 6.60. The lowest BCUT2D eigenvalue weighted by atomic mass is 9.71. The van der Waals surface area contributed by atoms with Gasteiger partial charge in [-0.2, -0.15) is 4.98 Å². The highest BCUT2D eigenvalue weighted by molar-refractivity contribution is 5.89. The van der Waals surface area contributed by atoms with E-state index in [9.17, 15) is 13.9 Å². The van der Waals surface area contributed by atoms with Gasteiger partial charge in [0.25, 0.3) is 6.43 Å². The molecule has 0 aliphatic heterocycles. The monoisotopic (exact) mass is 470 g/mol. The lowest BCUT2D eigenvalue weighted by Gasteiger charge is -2.42. The molecule has 11 heteroatoms. The van der Waals surface area contributed by atoms with Crippen molar-refractivity contribution in [1.29, 1.82) is 0 Å². The first kappa shape index (κ1) is 22.5. The van der Waals surface area contributed by atoms with Gasteiger partial charge in [0.05, 0.1) is 17.8 Å². The number of anilines is 2. The molecule has 1 aliphatic carbocycles. The Bertz CT molecular complexity index is 1350. The number of alkyl halides is 2. The number of aliphatic hydroxyl groups is 1. The second-order valence-electron chi connectivity index (χ2n) is 9.42. The Hall–Kier alpha value is -3.34. The van der Waals surface area contributed by atoms with Crippen molar-refractivity contribution in [2.45, 2.75) is 58.2 Å². The van der Waals surface area contributed by atoms with Gasteiger partial charge >= 0.3 is 0 Å². The van der Waals surface area contributed by atoms with E-state index in [1.807, 2.05) is 32.2 Å². The molecule has 0 radical (unpaired) electrons. The van der Waals surface area contributed by atoms with Gasteiger partial charge in [-0.25, -0.2) is 23.3 Å². The van der Waals surface area contributed by atoms with E-state index in [0.717, 1.165) is 23.9 Å². The molecule has 0 spiro atoms. The average Bonchev–Trinajstić information content (AvgIpc) is 3.29. The molecule has 1 saturated carbocycles. The summed E-state index contributed by atoms with van der Waals surface area (Å²) < 4.78 is 29.4. The van der Waals surface area contributed by atoms with Crippen molar-refractivity contribution in [3.63, 3.8) is 0 Å². The summed E-state index contributed by atoms with van der Waals surface area (Å²) in [6.07, 6.45) is 1.03. The predicted octanol–water partition coefficient (Wildman–Crippen LogP) is 3.72. The highest BCUT2D eigenvalue weighted by atomic mass is 19.3. The first-order chi connectivity index (χ1) is 16.1. The van der Waals surface area contributed by atoms with Crippen LogP contribution < -0.4 is 10.6 Å². The predicted molar refractivity (Wildman–Crippen MR) is 126 cm³/mol. The summed E-state index contributed by atoms with van der Waals surface area (Å²) in [5, 5.41) is 21.3. The number of hydrogen-bond donors (Lipinski definition) is 3. The molecule has 0 saturated heterocycles. The zero-order chi connectivity index (χ0) is 24.2. The lowest BCUT2D eigenvalue weighted by Crippen LogP contribution is -2.46. The fraction of sp³-hybridized carbons (Fsp3) is 0.478. The highest BCUT2D eigenvalue weighted by Gasteiger charge is 2.39. The first-order valence-corrected chi connectivity index (χ1v) is 11.3. The molecule has 3 N–H and O–H groups in total. The Morgan fingerprint density at radius 3 is 2.62 bits per heavy atom. The molecule has 1 fully saturated rings. The third kappa shape index (κ3) is 3.93. The number of nitrogens with one attached hydrogen (secondary N) is 2. The van der Waals surface area contributed by atoms with Gasteiger partial charge in [-0.1, -0.05) is 0 Å². The summed E-state index contributed by atoms with van der Waals surface area (Å²) in [4.78, 5) is 13.7. The molecule has 4 heterocycles. The summed E-state index contributed by atoms with van der Waals surface area (Å²) in [6.45, 7) is 4.92. The molecular weight excluding hydrogens is 442 g/mol. The molecule has 9 nitrogen and oxygen atoms in total. The van der Waals surface area contributed by atoms with Gasteiger partial charge in [-0.15, -0.1) is 5.10 Å². The number of rotatable bonds is 7. The second-order valence-corrected chi connectivity index (χ2v) is 9.42. The van der Waals surface area contributed by atoms with Gasteiger partial charge in [0.1, 0.15) is 16.9 Å². The maximum absolute atomic E-state index is 13.1. The van der Waals surface area contributed by atoms with Crippen LogP contribution in [0.25, 0.3) is 27.9 Å². The maximum Gasteiger partial charge on any atom is 0.256 e. The summed E-state index contributed by atoms with van der Waals surface area (Å²) >= 11 is 0. The number of aryl methyl sites for hydroxylation is 1. The Balaban J connectivity index is 1.49. The number of fused-ring (bicyclic) bond motifs is 2. The SMILES string of the molecule is CNc1nc(N[C@H]2C[C@H](C(C)(C)O)C2)nn2ccc(-c3ccc4nc(C)n(CC(F)F)c4n3)c12. The highest BCUT2D eigenvalue weighted by Crippen LogP contribution is 2.38. The smallest absolute Gasteiger partial charge is 0.256 e. The fourth-order valence-corrected chi connectivity index (χ4v) is 4.58. The van der Waals surface area contributed by atoms with Crippen LogP contribution in [-0.4, -0.2) is 59.4 Å². The van der Waals surface area contributed by atoms with Crippen LogP contribution in [0.3, 0.4) is 0 Å². The maximum atomic E-state index is 13.1. The van der Waals surface area contributed by atoms with Crippen LogP contribution in [0, 0.1) is 12.8 Å². The van der Waals surface area contributed by atoms with E-state index >= 15 is 0 Å². The topological polar surface area (TPSA) is 105 Å². The van der Waals surface area contributed by atoms with Gasteiger partial charge in [0.15, 0.2) is 11.5 Å². The van der Waals surface area contributed by atoms with E-state index in [1.165, 1.54) is 4.57 Å². The zero-order valence-electron chi connectivity index (χ0n) is 19.5. The van der Waals surface area contributed by atoms with Crippen LogP contribution in [-0.2, 0) is 6.54 Å². The van der Waals surface area contributed by atoms with Crippen molar-refractivity contribution in [3.8, 4) is 11.3 Å². The van der Waals surface area contributed by atoms with Gasteiger partial charge in [0.2, 0.25) is 5.95 Å². The number of imidazole rings is 1. The normalized spacial score (nSPS) is 18.6. The van der Waals surface area contributed by atoms with Gasteiger partial charge < -0.3 is 20.3 Å². The molecule has 0 amide bonds. The number of pyridine rings is 1. The van der Waals surface area contributed by atoms with Crippen LogP contribution in [0.4, 0.5) is 20.5 Å². The number of nitrogens with zero attached hydrogens (tertiary/aromatic N) is 6. The van der Waals surface area contributed by atoms with Crippen molar-refractivity contribution < 1.29 is 13.9 Å². The molecular formula is C23H28F2N8O. The minimum Gasteiger partial charge on any atom is -0.390 e. The van der Waals surface area contributed by atoms with E-state index < -0.39 is 18.6 Å². The minimum absolute atomic E-state index is 0.205. The van der Waals surface area contributed by atoms with Crippen LogP contribution in [0.2, 0.25) is 0 Å². The molecule has 34 heavy (non-hydrogen) atoms. The van der Waals surface area contributed by atoms with E-state index in [0.29, 0.717) is 34.4 Å².